The highest BCUT2D eigenvalue weighted by atomic mass is 19.3. The van der Waals surface area contributed by atoms with E-state index in [1.54, 1.807) is 12.1 Å². The molecule has 0 unspecified atom stereocenters. The first-order chi connectivity index (χ1) is 10.0. The van der Waals surface area contributed by atoms with Gasteiger partial charge >= 0.3 is 7.12 Å². The Morgan fingerprint density at radius 2 is 1.41 bits per heavy atom. The van der Waals surface area contributed by atoms with Crippen LogP contribution < -0.4 is 0 Å². The Labute approximate surface area is 131 Å². The normalized spacial score (nSPS) is 19.4. The van der Waals surface area contributed by atoms with Gasteiger partial charge < -0.3 is 9.31 Å². The van der Waals surface area contributed by atoms with Crippen molar-refractivity contribution in [1.82, 2.24) is 0 Å². The molecule has 0 amide bonds. The van der Waals surface area contributed by atoms with Crippen LogP contribution in [-0.4, -0.2) is 18.3 Å². The summed E-state index contributed by atoms with van der Waals surface area (Å²) in [4.78, 5) is 0. The standard InChI is InChI=1S/C17H23BF2O2/c1-11-7-12(2)9-13(8-11)14(15(19)20)10-18-21-16(3,4)17(5,6)22-18/h7-9H,10H2,1-6H3. The Morgan fingerprint density at radius 3 is 1.82 bits per heavy atom. The maximum Gasteiger partial charge on any atom is 0.462 e. The molecule has 0 aliphatic carbocycles. The van der Waals surface area contributed by atoms with Crippen LogP contribution in [0.1, 0.15) is 44.4 Å². The summed E-state index contributed by atoms with van der Waals surface area (Å²) in [6.45, 7) is 11.5. The van der Waals surface area contributed by atoms with Crippen molar-refractivity contribution in [3.63, 3.8) is 0 Å². The zero-order chi connectivity index (χ0) is 16.7. The fourth-order valence-electron chi connectivity index (χ4n) is 2.67. The van der Waals surface area contributed by atoms with Crippen LogP contribution in [0.5, 0.6) is 0 Å². The number of benzene rings is 1. The minimum atomic E-state index is -1.68. The lowest BCUT2D eigenvalue weighted by molar-refractivity contribution is 0.00578. The molecule has 2 rings (SSSR count). The first kappa shape index (κ1) is 17.2. The lowest BCUT2D eigenvalue weighted by atomic mass is 9.78. The minimum absolute atomic E-state index is 0.00898. The number of allylic oxidation sites excluding steroid dienone is 1. The Morgan fingerprint density at radius 1 is 0.955 bits per heavy atom. The Kier molecular flexibility index (Phi) is 4.51. The van der Waals surface area contributed by atoms with Crippen LogP contribution in [0.25, 0.3) is 5.57 Å². The molecule has 0 spiro atoms. The van der Waals surface area contributed by atoms with Gasteiger partial charge in [-0.2, -0.15) is 8.78 Å². The van der Waals surface area contributed by atoms with Crippen molar-refractivity contribution in [2.24, 2.45) is 0 Å². The predicted molar refractivity (Wildman–Crippen MR) is 85.9 cm³/mol. The van der Waals surface area contributed by atoms with Gasteiger partial charge in [-0.15, -0.1) is 0 Å². The summed E-state index contributed by atoms with van der Waals surface area (Å²) in [5, 5.41) is 0. The van der Waals surface area contributed by atoms with Crippen LogP contribution in [-0.2, 0) is 9.31 Å². The number of hydrogen-bond donors (Lipinski definition) is 0. The molecule has 0 aromatic heterocycles. The van der Waals surface area contributed by atoms with Crippen molar-refractivity contribution in [3.8, 4) is 0 Å². The summed E-state index contributed by atoms with van der Waals surface area (Å²) in [7, 11) is -0.665. The van der Waals surface area contributed by atoms with E-state index in [9.17, 15) is 8.78 Å². The molecule has 1 aromatic rings. The van der Waals surface area contributed by atoms with Gasteiger partial charge in [0.05, 0.1) is 11.2 Å². The van der Waals surface area contributed by atoms with Gasteiger partial charge in [0.1, 0.15) is 0 Å². The van der Waals surface area contributed by atoms with E-state index >= 15 is 0 Å². The van der Waals surface area contributed by atoms with E-state index in [1.165, 1.54) is 0 Å². The van der Waals surface area contributed by atoms with E-state index in [0.29, 0.717) is 5.56 Å². The van der Waals surface area contributed by atoms with Gasteiger partial charge in [0.25, 0.3) is 6.08 Å². The molecule has 22 heavy (non-hydrogen) atoms. The number of halogens is 2. The van der Waals surface area contributed by atoms with Gasteiger partial charge in [0.2, 0.25) is 0 Å². The highest BCUT2D eigenvalue weighted by molar-refractivity contribution is 6.48. The predicted octanol–water partition coefficient (Wildman–Crippen LogP) is 5.00. The van der Waals surface area contributed by atoms with Crippen molar-refractivity contribution in [3.05, 3.63) is 41.0 Å². The quantitative estimate of drug-likeness (QED) is 0.731. The number of rotatable bonds is 3. The SMILES string of the molecule is Cc1cc(C)cc(C(CB2OC(C)(C)C(C)(C)O2)=C(F)F)c1. The fourth-order valence-corrected chi connectivity index (χ4v) is 2.67. The van der Waals surface area contributed by atoms with Crippen molar-refractivity contribution >= 4 is 12.7 Å². The first-order valence-electron chi connectivity index (χ1n) is 7.50. The molecule has 1 heterocycles. The monoisotopic (exact) mass is 308 g/mol. The molecule has 2 nitrogen and oxygen atoms in total. The van der Waals surface area contributed by atoms with Crippen LogP contribution >= 0.6 is 0 Å². The summed E-state index contributed by atoms with van der Waals surface area (Å²) in [6, 6.07) is 5.51. The molecule has 1 aromatic carbocycles. The average molecular weight is 308 g/mol. The fraction of sp³-hybridized carbons (Fsp3) is 0.529. The Balaban J connectivity index is 2.27. The highest BCUT2D eigenvalue weighted by Gasteiger charge is 2.51. The molecule has 1 aliphatic rings. The third-order valence-corrected chi connectivity index (χ3v) is 4.47. The van der Waals surface area contributed by atoms with Crippen molar-refractivity contribution in [2.45, 2.75) is 59.1 Å². The van der Waals surface area contributed by atoms with Gasteiger partial charge in [-0.1, -0.05) is 29.3 Å². The summed E-state index contributed by atoms with van der Waals surface area (Å²) >= 11 is 0. The van der Waals surface area contributed by atoms with E-state index in [2.05, 4.69) is 0 Å². The van der Waals surface area contributed by atoms with Gasteiger partial charge in [0, 0.05) is 11.9 Å². The topological polar surface area (TPSA) is 18.5 Å². The maximum atomic E-state index is 13.5. The summed E-state index contributed by atoms with van der Waals surface area (Å²) in [5.41, 5.74) is 1.42. The molecule has 120 valence electrons. The zero-order valence-corrected chi connectivity index (χ0v) is 14.1. The lowest BCUT2D eigenvalue weighted by Gasteiger charge is -2.32. The van der Waals surface area contributed by atoms with E-state index in [4.69, 9.17) is 9.31 Å². The van der Waals surface area contributed by atoms with Gasteiger partial charge in [-0.25, -0.2) is 0 Å². The lowest BCUT2D eigenvalue weighted by Crippen LogP contribution is -2.41. The molecular weight excluding hydrogens is 285 g/mol. The third-order valence-electron chi connectivity index (χ3n) is 4.47. The zero-order valence-electron chi connectivity index (χ0n) is 14.1. The van der Waals surface area contributed by atoms with Crippen LogP contribution in [0.3, 0.4) is 0 Å². The van der Waals surface area contributed by atoms with E-state index < -0.39 is 24.4 Å². The van der Waals surface area contributed by atoms with Crippen LogP contribution in [0, 0.1) is 13.8 Å². The molecule has 0 N–H and O–H groups in total. The second-order valence-corrected chi connectivity index (χ2v) is 7.01. The van der Waals surface area contributed by atoms with Crippen molar-refractivity contribution < 1.29 is 18.1 Å². The van der Waals surface area contributed by atoms with Crippen LogP contribution in [0.2, 0.25) is 6.32 Å². The van der Waals surface area contributed by atoms with E-state index in [-0.39, 0.29) is 11.9 Å². The summed E-state index contributed by atoms with van der Waals surface area (Å²) < 4.78 is 38.6. The largest absolute Gasteiger partial charge is 0.462 e. The van der Waals surface area contributed by atoms with Crippen molar-refractivity contribution in [2.75, 3.05) is 0 Å². The number of aryl methyl sites for hydroxylation is 2. The molecule has 0 saturated carbocycles. The Hall–Kier alpha value is -1.20. The van der Waals surface area contributed by atoms with E-state index in [0.717, 1.165) is 11.1 Å². The minimum Gasteiger partial charge on any atom is -0.403 e. The second kappa shape index (κ2) is 5.78. The molecule has 0 bridgehead atoms. The average Bonchev–Trinajstić information content (AvgIpc) is 2.53. The smallest absolute Gasteiger partial charge is 0.403 e. The molecule has 0 atom stereocenters. The van der Waals surface area contributed by atoms with Gasteiger partial charge in [0.15, 0.2) is 0 Å². The Bertz CT molecular complexity index is 568. The summed E-state index contributed by atoms with van der Waals surface area (Å²) in [5.74, 6) is 0. The molecule has 0 radical (unpaired) electrons. The molecule has 1 fully saturated rings. The van der Waals surface area contributed by atoms with Crippen LogP contribution in [0.15, 0.2) is 24.3 Å². The summed E-state index contributed by atoms with van der Waals surface area (Å²) in [6.07, 6.45) is -1.64. The second-order valence-electron chi connectivity index (χ2n) is 7.01. The maximum absolute atomic E-state index is 13.5. The molecule has 5 heteroatoms. The molecule has 1 saturated heterocycles. The van der Waals surface area contributed by atoms with Crippen LogP contribution in [0.4, 0.5) is 8.78 Å². The van der Waals surface area contributed by atoms with E-state index in [1.807, 2.05) is 47.6 Å². The molecular formula is C17H23BF2O2. The van der Waals surface area contributed by atoms with Gasteiger partial charge in [-0.3, -0.25) is 0 Å². The molecule has 1 aliphatic heterocycles. The highest BCUT2D eigenvalue weighted by Crippen LogP contribution is 2.40. The van der Waals surface area contributed by atoms with Crippen molar-refractivity contribution in [1.29, 1.82) is 0 Å². The van der Waals surface area contributed by atoms with Gasteiger partial charge in [-0.05, 0) is 47.1 Å². The third kappa shape index (κ3) is 3.41. The first-order valence-corrected chi connectivity index (χ1v) is 7.50. The number of hydrogen-bond acceptors (Lipinski definition) is 2.